The average Bonchev–Trinajstić information content (AvgIpc) is 3.20. The molecule has 2 N–H and O–H groups in total. The van der Waals surface area contributed by atoms with Crippen LogP contribution in [0.15, 0.2) is 35.3 Å². The Labute approximate surface area is 185 Å². The zero-order chi connectivity index (χ0) is 19.1. The molecule has 0 radical (unpaired) electrons. The standard InChI is InChI=1S/C21H32N4O2.HI/c1-3-19(26)25-12-11-18(15-25)24-21(22-2)23-14-17-10-7-13-27-20(17)16-8-5-4-6-9-16;/h4-6,8-9,17-18,20H,3,7,10-15H2,1-2H3,(H2,22,23,24);1H. The molecule has 156 valence electrons. The van der Waals surface area contributed by atoms with Crippen LogP contribution in [0.5, 0.6) is 0 Å². The largest absolute Gasteiger partial charge is 0.373 e. The van der Waals surface area contributed by atoms with Gasteiger partial charge in [-0.1, -0.05) is 37.3 Å². The lowest BCUT2D eigenvalue weighted by Gasteiger charge is -2.33. The number of hydrogen-bond acceptors (Lipinski definition) is 3. The van der Waals surface area contributed by atoms with Gasteiger partial charge in [0.2, 0.25) is 5.91 Å². The molecule has 28 heavy (non-hydrogen) atoms. The molecule has 0 spiro atoms. The smallest absolute Gasteiger partial charge is 0.222 e. The number of benzene rings is 1. The van der Waals surface area contributed by atoms with Crippen LogP contribution in [0, 0.1) is 5.92 Å². The maximum Gasteiger partial charge on any atom is 0.222 e. The zero-order valence-corrected chi connectivity index (χ0v) is 19.2. The van der Waals surface area contributed by atoms with Crippen molar-refractivity contribution in [3.8, 4) is 0 Å². The Bertz CT molecular complexity index is 641. The average molecular weight is 500 g/mol. The second-order valence-electron chi connectivity index (χ2n) is 7.38. The number of nitrogens with one attached hydrogen (secondary N) is 2. The minimum atomic E-state index is 0. The van der Waals surface area contributed by atoms with Gasteiger partial charge in [0.1, 0.15) is 0 Å². The summed E-state index contributed by atoms with van der Waals surface area (Å²) in [6.45, 7) is 5.15. The van der Waals surface area contributed by atoms with Gasteiger partial charge in [0.15, 0.2) is 5.96 Å². The molecule has 6 nitrogen and oxygen atoms in total. The van der Waals surface area contributed by atoms with Crippen LogP contribution >= 0.6 is 24.0 Å². The van der Waals surface area contributed by atoms with Crippen LogP contribution in [-0.2, 0) is 9.53 Å². The lowest BCUT2D eigenvalue weighted by molar-refractivity contribution is -0.129. The number of ether oxygens (including phenoxy) is 1. The van der Waals surface area contributed by atoms with Crippen LogP contribution in [0.4, 0.5) is 0 Å². The van der Waals surface area contributed by atoms with Crippen molar-refractivity contribution < 1.29 is 9.53 Å². The van der Waals surface area contributed by atoms with E-state index in [-0.39, 0.29) is 42.0 Å². The van der Waals surface area contributed by atoms with Crippen LogP contribution < -0.4 is 10.6 Å². The van der Waals surface area contributed by atoms with Gasteiger partial charge < -0.3 is 20.3 Å². The summed E-state index contributed by atoms with van der Waals surface area (Å²) in [7, 11) is 1.80. The molecular weight excluding hydrogens is 467 g/mol. The highest BCUT2D eigenvalue weighted by molar-refractivity contribution is 14.0. The quantitative estimate of drug-likeness (QED) is 0.371. The number of guanidine groups is 1. The van der Waals surface area contributed by atoms with Gasteiger partial charge in [-0.3, -0.25) is 9.79 Å². The van der Waals surface area contributed by atoms with E-state index < -0.39 is 0 Å². The Hall–Kier alpha value is -1.35. The van der Waals surface area contributed by atoms with Gasteiger partial charge in [0.25, 0.3) is 0 Å². The molecule has 0 bridgehead atoms. The van der Waals surface area contributed by atoms with Crippen LogP contribution in [0.3, 0.4) is 0 Å². The van der Waals surface area contributed by atoms with E-state index in [9.17, 15) is 4.79 Å². The molecule has 7 heteroatoms. The van der Waals surface area contributed by atoms with Gasteiger partial charge in [-0.05, 0) is 24.8 Å². The van der Waals surface area contributed by atoms with Crippen molar-refractivity contribution in [3.63, 3.8) is 0 Å². The molecule has 2 fully saturated rings. The third-order valence-corrected chi connectivity index (χ3v) is 5.51. The molecule has 2 aliphatic rings. The highest BCUT2D eigenvalue weighted by Crippen LogP contribution is 2.33. The Morgan fingerprint density at radius 2 is 2.07 bits per heavy atom. The van der Waals surface area contributed by atoms with Gasteiger partial charge in [-0.25, -0.2) is 0 Å². The number of nitrogens with zero attached hydrogens (tertiary/aromatic N) is 2. The second kappa shape index (κ2) is 11.6. The first-order valence-corrected chi connectivity index (χ1v) is 10.1. The summed E-state index contributed by atoms with van der Waals surface area (Å²) in [5.74, 6) is 1.46. The fourth-order valence-corrected chi connectivity index (χ4v) is 4.01. The van der Waals surface area contributed by atoms with Crippen molar-refractivity contribution in [2.24, 2.45) is 10.9 Å². The molecule has 2 heterocycles. The fraction of sp³-hybridized carbons (Fsp3) is 0.619. The molecule has 3 unspecified atom stereocenters. The summed E-state index contributed by atoms with van der Waals surface area (Å²) in [4.78, 5) is 18.2. The molecule has 3 rings (SSSR count). The van der Waals surface area contributed by atoms with E-state index in [0.717, 1.165) is 51.5 Å². The summed E-state index contributed by atoms with van der Waals surface area (Å²) < 4.78 is 6.08. The highest BCUT2D eigenvalue weighted by atomic mass is 127. The molecule has 0 aromatic heterocycles. The molecule has 1 aromatic rings. The van der Waals surface area contributed by atoms with Crippen LogP contribution in [-0.4, -0.2) is 56.1 Å². The second-order valence-corrected chi connectivity index (χ2v) is 7.38. The van der Waals surface area contributed by atoms with E-state index in [4.69, 9.17) is 4.74 Å². The maximum absolute atomic E-state index is 11.9. The lowest BCUT2D eigenvalue weighted by atomic mass is 9.89. The van der Waals surface area contributed by atoms with E-state index in [0.29, 0.717) is 12.3 Å². The summed E-state index contributed by atoms with van der Waals surface area (Å²) in [5, 5.41) is 6.95. The third-order valence-electron chi connectivity index (χ3n) is 5.51. The molecule has 2 aliphatic heterocycles. The predicted octanol–water partition coefficient (Wildman–Crippen LogP) is 2.95. The molecule has 3 atom stereocenters. The lowest BCUT2D eigenvalue weighted by Crippen LogP contribution is -2.47. The number of rotatable bonds is 5. The van der Waals surface area contributed by atoms with E-state index in [1.807, 2.05) is 17.9 Å². The van der Waals surface area contributed by atoms with Crippen LogP contribution in [0.2, 0.25) is 0 Å². The zero-order valence-electron chi connectivity index (χ0n) is 16.9. The van der Waals surface area contributed by atoms with Crippen molar-refractivity contribution in [2.75, 3.05) is 33.3 Å². The summed E-state index contributed by atoms with van der Waals surface area (Å²) >= 11 is 0. The van der Waals surface area contributed by atoms with Crippen molar-refractivity contribution in [3.05, 3.63) is 35.9 Å². The van der Waals surface area contributed by atoms with E-state index in [1.54, 1.807) is 7.05 Å². The first-order valence-electron chi connectivity index (χ1n) is 10.1. The number of carbonyl (C=O) groups is 1. The molecule has 1 amide bonds. The summed E-state index contributed by atoms with van der Waals surface area (Å²) in [6, 6.07) is 10.7. The normalized spacial score (nSPS) is 25.1. The Balaban J connectivity index is 0.00000280. The molecule has 0 saturated carbocycles. The minimum absolute atomic E-state index is 0. The number of halogens is 1. The Morgan fingerprint density at radius 3 is 2.79 bits per heavy atom. The number of hydrogen-bond donors (Lipinski definition) is 2. The van der Waals surface area contributed by atoms with Crippen LogP contribution in [0.1, 0.15) is 44.3 Å². The van der Waals surface area contributed by atoms with Crippen molar-refractivity contribution in [2.45, 2.75) is 44.8 Å². The topological polar surface area (TPSA) is 66.0 Å². The van der Waals surface area contributed by atoms with Gasteiger partial charge >= 0.3 is 0 Å². The molecule has 1 aromatic carbocycles. The monoisotopic (exact) mass is 500 g/mol. The van der Waals surface area contributed by atoms with Crippen LogP contribution in [0.25, 0.3) is 0 Å². The van der Waals surface area contributed by atoms with Crippen molar-refractivity contribution >= 4 is 35.8 Å². The minimum Gasteiger partial charge on any atom is -0.373 e. The molecule has 0 aliphatic carbocycles. The summed E-state index contributed by atoms with van der Waals surface area (Å²) in [5.41, 5.74) is 1.25. The SMILES string of the molecule is CCC(=O)N1CCC(NC(=NC)NCC2CCCOC2c2ccccc2)C1.I. The van der Waals surface area contributed by atoms with Crippen molar-refractivity contribution in [1.29, 1.82) is 0 Å². The van der Waals surface area contributed by atoms with E-state index >= 15 is 0 Å². The number of aliphatic imine (C=N–C) groups is 1. The van der Waals surface area contributed by atoms with Gasteiger partial charge in [-0.15, -0.1) is 24.0 Å². The Morgan fingerprint density at radius 1 is 1.29 bits per heavy atom. The van der Waals surface area contributed by atoms with Gasteiger partial charge in [-0.2, -0.15) is 0 Å². The van der Waals surface area contributed by atoms with Crippen molar-refractivity contribution in [1.82, 2.24) is 15.5 Å². The number of likely N-dealkylation sites (tertiary alicyclic amines) is 1. The highest BCUT2D eigenvalue weighted by Gasteiger charge is 2.29. The Kier molecular flexibility index (Phi) is 9.50. The third kappa shape index (κ3) is 6.07. The first kappa shape index (κ1) is 22.9. The first-order chi connectivity index (χ1) is 13.2. The molecule has 2 saturated heterocycles. The van der Waals surface area contributed by atoms with Gasteiger partial charge in [0, 0.05) is 51.7 Å². The molecular formula is C21H33IN4O2. The fourth-order valence-electron chi connectivity index (χ4n) is 4.01. The number of amides is 1. The maximum atomic E-state index is 11.9. The summed E-state index contributed by atoms with van der Waals surface area (Å²) in [6.07, 6.45) is 3.91. The van der Waals surface area contributed by atoms with E-state index in [2.05, 4.69) is 39.9 Å². The predicted molar refractivity (Wildman–Crippen MR) is 123 cm³/mol. The number of carbonyl (C=O) groups excluding carboxylic acids is 1. The van der Waals surface area contributed by atoms with Gasteiger partial charge in [0.05, 0.1) is 6.10 Å². The van der Waals surface area contributed by atoms with E-state index in [1.165, 1.54) is 5.56 Å².